The fraction of sp³-hybridized carbons (Fsp3) is 0.0476. The lowest BCUT2D eigenvalue weighted by Gasteiger charge is -2.05. The molecule has 1 aromatic heterocycles. The van der Waals surface area contributed by atoms with Crippen LogP contribution in [0.5, 0.6) is 11.5 Å². The molecule has 0 aliphatic rings. The average molecular weight is 397 g/mol. The summed E-state index contributed by atoms with van der Waals surface area (Å²) in [5, 5.41) is 4.58. The van der Waals surface area contributed by atoms with E-state index in [9.17, 15) is 14.0 Å². The highest BCUT2D eigenvalue weighted by Gasteiger charge is 2.07. The van der Waals surface area contributed by atoms with Gasteiger partial charge in [-0.15, -0.1) is 11.3 Å². The summed E-state index contributed by atoms with van der Waals surface area (Å²) in [6.07, 6.45) is 2.65. The van der Waals surface area contributed by atoms with Crippen LogP contribution in [0.1, 0.15) is 15.2 Å². The van der Waals surface area contributed by atoms with Crippen molar-refractivity contribution in [3.05, 3.63) is 82.3 Å². The highest BCUT2D eigenvalue weighted by atomic mass is 32.1. The van der Waals surface area contributed by atoms with Gasteiger partial charge in [0.2, 0.25) is 0 Å². The third kappa shape index (κ3) is 5.05. The molecule has 0 aliphatic heterocycles. The lowest BCUT2D eigenvalue weighted by Crippen LogP contribution is -2.10. The smallest absolute Gasteiger partial charge is 0.336 e. The minimum atomic E-state index is -0.605. The molecule has 1 amide bonds. The summed E-state index contributed by atoms with van der Waals surface area (Å²) >= 11 is 1.35. The van der Waals surface area contributed by atoms with E-state index in [2.05, 4.69) is 5.32 Å². The van der Waals surface area contributed by atoms with Crippen LogP contribution in [0.4, 0.5) is 10.1 Å². The average Bonchev–Trinajstić information content (AvgIpc) is 3.23. The van der Waals surface area contributed by atoms with Crippen molar-refractivity contribution in [2.75, 3.05) is 12.4 Å². The molecule has 3 rings (SSSR count). The number of methoxy groups -OCH3 is 1. The summed E-state index contributed by atoms with van der Waals surface area (Å²) in [6.45, 7) is 0. The van der Waals surface area contributed by atoms with Gasteiger partial charge in [-0.25, -0.2) is 9.18 Å². The first-order chi connectivity index (χ1) is 13.5. The molecule has 0 unspecified atom stereocenters. The van der Waals surface area contributed by atoms with Crippen LogP contribution in [0, 0.1) is 5.82 Å². The zero-order chi connectivity index (χ0) is 19.9. The molecule has 3 aromatic rings. The Hall–Kier alpha value is -3.45. The Morgan fingerprint density at radius 1 is 1.11 bits per heavy atom. The Bertz CT molecular complexity index is 998. The van der Waals surface area contributed by atoms with E-state index in [0.29, 0.717) is 21.9 Å². The number of amides is 1. The number of nitrogens with one attached hydrogen (secondary N) is 1. The summed E-state index contributed by atoms with van der Waals surface area (Å²) in [7, 11) is 1.38. The van der Waals surface area contributed by atoms with E-state index in [1.807, 2.05) is 5.38 Å². The quantitative estimate of drug-likeness (QED) is 0.370. The van der Waals surface area contributed by atoms with Gasteiger partial charge in [-0.2, -0.15) is 0 Å². The van der Waals surface area contributed by atoms with Crippen LogP contribution in [0.15, 0.2) is 66.1 Å². The van der Waals surface area contributed by atoms with Gasteiger partial charge >= 0.3 is 5.97 Å². The molecule has 7 heteroatoms. The molecule has 0 saturated carbocycles. The van der Waals surface area contributed by atoms with Crippen LogP contribution in [0.3, 0.4) is 0 Å². The Morgan fingerprint density at radius 2 is 1.89 bits per heavy atom. The first-order valence-electron chi connectivity index (χ1n) is 8.23. The van der Waals surface area contributed by atoms with Crippen LogP contribution in [-0.4, -0.2) is 19.0 Å². The Kier molecular flexibility index (Phi) is 6.18. The van der Waals surface area contributed by atoms with E-state index >= 15 is 0 Å². The monoisotopic (exact) mass is 397 g/mol. The zero-order valence-electron chi connectivity index (χ0n) is 14.8. The molecule has 0 saturated heterocycles. The standard InChI is InChI=1S/C21H16FNO4S/c1-26-18-10-4-14(13-17(18)22)5-11-20(24)27-16-8-6-15(7-9-16)23-21(25)19-3-2-12-28-19/h2-13H,1H3,(H,23,25)/b11-5+. The molecular formula is C21H16FNO4S. The summed E-state index contributed by atoms with van der Waals surface area (Å²) in [5.74, 6) is -0.866. The second-order valence-corrected chi connectivity index (χ2v) is 6.55. The van der Waals surface area contributed by atoms with Crippen LogP contribution < -0.4 is 14.8 Å². The summed E-state index contributed by atoms with van der Waals surface area (Å²) in [5.41, 5.74) is 1.09. The number of anilines is 1. The molecule has 0 bridgehead atoms. The molecule has 2 aromatic carbocycles. The predicted molar refractivity (Wildman–Crippen MR) is 106 cm³/mol. The van der Waals surface area contributed by atoms with Crippen molar-refractivity contribution in [1.82, 2.24) is 0 Å². The van der Waals surface area contributed by atoms with Gasteiger partial charge in [-0.3, -0.25) is 4.79 Å². The molecule has 28 heavy (non-hydrogen) atoms. The number of carbonyl (C=O) groups excluding carboxylic acids is 2. The Morgan fingerprint density at radius 3 is 2.54 bits per heavy atom. The van der Waals surface area contributed by atoms with Gasteiger partial charge in [0, 0.05) is 11.8 Å². The minimum Gasteiger partial charge on any atom is -0.494 e. The molecule has 1 N–H and O–H groups in total. The number of ether oxygens (including phenoxy) is 2. The number of esters is 1. The van der Waals surface area contributed by atoms with Crippen molar-refractivity contribution >= 4 is 35.0 Å². The Labute approximate surface area is 165 Å². The van der Waals surface area contributed by atoms with E-state index < -0.39 is 11.8 Å². The van der Waals surface area contributed by atoms with Crippen molar-refractivity contribution in [3.63, 3.8) is 0 Å². The number of halogens is 1. The highest BCUT2D eigenvalue weighted by Crippen LogP contribution is 2.20. The lowest BCUT2D eigenvalue weighted by atomic mass is 10.2. The van der Waals surface area contributed by atoms with Crippen molar-refractivity contribution < 1.29 is 23.5 Å². The van der Waals surface area contributed by atoms with Crippen molar-refractivity contribution in [2.45, 2.75) is 0 Å². The van der Waals surface area contributed by atoms with Gasteiger partial charge in [0.05, 0.1) is 12.0 Å². The van der Waals surface area contributed by atoms with Crippen molar-refractivity contribution in [1.29, 1.82) is 0 Å². The van der Waals surface area contributed by atoms with E-state index in [0.717, 1.165) is 0 Å². The van der Waals surface area contributed by atoms with Crippen LogP contribution in [0.2, 0.25) is 0 Å². The maximum absolute atomic E-state index is 13.6. The third-order valence-corrected chi connectivity index (χ3v) is 4.53. The second-order valence-electron chi connectivity index (χ2n) is 5.60. The topological polar surface area (TPSA) is 64.6 Å². The molecule has 0 radical (unpaired) electrons. The zero-order valence-corrected chi connectivity index (χ0v) is 15.7. The number of hydrogen-bond acceptors (Lipinski definition) is 5. The molecule has 0 fully saturated rings. The number of benzene rings is 2. The van der Waals surface area contributed by atoms with Crippen molar-refractivity contribution in [3.8, 4) is 11.5 Å². The Balaban J connectivity index is 1.57. The number of carbonyl (C=O) groups is 2. The highest BCUT2D eigenvalue weighted by molar-refractivity contribution is 7.12. The van der Waals surface area contributed by atoms with Crippen LogP contribution >= 0.6 is 11.3 Å². The van der Waals surface area contributed by atoms with Gasteiger partial charge in [-0.05, 0) is 59.5 Å². The lowest BCUT2D eigenvalue weighted by molar-refractivity contribution is -0.128. The molecule has 0 aliphatic carbocycles. The molecule has 142 valence electrons. The molecule has 5 nitrogen and oxygen atoms in total. The maximum Gasteiger partial charge on any atom is 0.336 e. The first-order valence-corrected chi connectivity index (χ1v) is 9.11. The SMILES string of the molecule is COc1ccc(/C=C/C(=O)Oc2ccc(NC(=O)c3cccs3)cc2)cc1F. The normalized spacial score (nSPS) is 10.6. The third-order valence-electron chi connectivity index (χ3n) is 3.66. The second kappa shape index (κ2) is 8.96. The first kappa shape index (κ1) is 19.3. The summed E-state index contributed by atoms with van der Waals surface area (Å²) in [6, 6.07) is 14.3. The van der Waals surface area contributed by atoms with E-state index in [1.54, 1.807) is 42.5 Å². The van der Waals surface area contributed by atoms with Crippen LogP contribution in [-0.2, 0) is 4.79 Å². The van der Waals surface area contributed by atoms with Gasteiger partial charge in [0.25, 0.3) is 5.91 Å². The van der Waals surface area contributed by atoms with E-state index in [4.69, 9.17) is 9.47 Å². The van der Waals surface area contributed by atoms with E-state index in [1.165, 1.54) is 42.7 Å². The van der Waals surface area contributed by atoms with Crippen molar-refractivity contribution in [2.24, 2.45) is 0 Å². The number of hydrogen-bond donors (Lipinski definition) is 1. The van der Waals surface area contributed by atoms with Gasteiger partial charge < -0.3 is 14.8 Å². The minimum absolute atomic E-state index is 0.131. The predicted octanol–water partition coefficient (Wildman–Crippen LogP) is 4.77. The molecule has 0 atom stereocenters. The molecular weight excluding hydrogens is 381 g/mol. The fourth-order valence-electron chi connectivity index (χ4n) is 2.31. The fourth-order valence-corrected chi connectivity index (χ4v) is 2.93. The molecule has 0 spiro atoms. The summed E-state index contributed by atoms with van der Waals surface area (Å²) < 4.78 is 23.7. The largest absolute Gasteiger partial charge is 0.494 e. The van der Waals surface area contributed by atoms with Gasteiger partial charge in [0.1, 0.15) is 5.75 Å². The number of thiophene rings is 1. The molecule has 1 heterocycles. The van der Waals surface area contributed by atoms with E-state index in [-0.39, 0.29) is 11.7 Å². The van der Waals surface area contributed by atoms with Gasteiger partial charge in [0.15, 0.2) is 11.6 Å². The summed E-state index contributed by atoms with van der Waals surface area (Å²) in [4.78, 5) is 24.5. The number of rotatable bonds is 6. The van der Waals surface area contributed by atoms with Gasteiger partial charge in [-0.1, -0.05) is 12.1 Å². The van der Waals surface area contributed by atoms with Crippen LogP contribution in [0.25, 0.3) is 6.08 Å². The maximum atomic E-state index is 13.6.